The molecule has 2 N–H and O–H groups in total. The lowest BCUT2D eigenvalue weighted by Crippen LogP contribution is -2.55. The van der Waals surface area contributed by atoms with Crippen molar-refractivity contribution in [3.8, 4) is 0 Å². The zero-order valence-corrected chi connectivity index (χ0v) is 9.78. The molecule has 0 amide bonds. The molecule has 0 saturated carbocycles. The fourth-order valence-corrected chi connectivity index (χ4v) is 1.53. The van der Waals surface area contributed by atoms with Crippen LogP contribution in [0.15, 0.2) is 0 Å². The van der Waals surface area contributed by atoms with Gasteiger partial charge in [0.15, 0.2) is 0 Å². The first-order valence-electron chi connectivity index (χ1n) is 5.23. The van der Waals surface area contributed by atoms with E-state index in [1.54, 1.807) is 0 Å². The Morgan fingerprint density at radius 3 is 2.08 bits per heavy atom. The first kappa shape index (κ1) is 12.9. The predicted molar refractivity (Wildman–Crippen MR) is 57.9 cm³/mol. The van der Waals surface area contributed by atoms with E-state index >= 15 is 0 Å². The molecule has 80 valence electrons. The van der Waals surface area contributed by atoms with Crippen molar-refractivity contribution < 1.29 is 5.11 Å². The number of hydrogen-bond acceptors (Lipinski definition) is 2. The van der Waals surface area contributed by atoms with E-state index in [9.17, 15) is 5.11 Å². The topological polar surface area (TPSA) is 32.3 Å². The minimum atomic E-state index is -0.165. The summed E-state index contributed by atoms with van der Waals surface area (Å²) >= 11 is 0. The van der Waals surface area contributed by atoms with Crippen LogP contribution < -0.4 is 5.32 Å². The maximum Gasteiger partial charge on any atom is 0.0615 e. The van der Waals surface area contributed by atoms with Crippen molar-refractivity contribution in [3.05, 3.63) is 0 Å². The fraction of sp³-hybridized carbons (Fsp3) is 1.00. The molecular formula is C11H25NO. The van der Waals surface area contributed by atoms with Crippen LogP contribution in [0.5, 0.6) is 0 Å². The van der Waals surface area contributed by atoms with Crippen molar-refractivity contribution in [2.24, 2.45) is 5.41 Å². The molecule has 0 heterocycles. The molecule has 0 fully saturated rings. The number of rotatable bonds is 6. The van der Waals surface area contributed by atoms with Gasteiger partial charge in [-0.1, -0.05) is 33.6 Å². The van der Waals surface area contributed by atoms with Crippen molar-refractivity contribution in [2.75, 3.05) is 13.7 Å². The van der Waals surface area contributed by atoms with E-state index in [0.29, 0.717) is 0 Å². The lowest BCUT2D eigenvalue weighted by atomic mass is 9.70. The molecule has 0 aromatic rings. The highest BCUT2D eigenvalue weighted by molar-refractivity contribution is 4.95. The molecule has 1 atom stereocenters. The zero-order valence-electron chi connectivity index (χ0n) is 9.78. The monoisotopic (exact) mass is 187 g/mol. The summed E-state index contributed by atoms with van der Waals surface area (Å²) in [6, 6.07) is 0. The second-order valence-corrected chi connectivity index (χ2v) is 4.73. The second kappa shape index (κ2) is 4.97. The van der Waals surface area contributed by atoms with Gasteiger partial charge < -0.3 is 10.4 Å². The number of hydrogen-bond donors (Lipinski definition) is 2. The molecule has 0 aliphatic heterocycles. The van der Waals surface area contributed by atoms with E-state index in [1.165, 1.54) is 12.8 Å². The van der Waals surface area contributed by atoms with Gasteiger partial charge in [-0.3, -0.25) is 0 Å². The number of unbranched alkanes of at least 4 members (excludes halogenated alkanes) is 1. The molecule has 2 heteroatoms. The maximum atomic E-state index is 9.36. The Hall–Kier alpha value is -0.0800. The summed E-state index contributed by atoms with van der Waals surface area (Å²) in [5.41, 5.74) is -0.0192. The van der Waals surface area contributed by atoms with Crippen molar-refractivity contribution >= 4 is 0 Å². The summed E-state index contributed by atoms with van der Waals surface area (Å²) in [4.78, 5) is 0. The quantitative estimate of drug-likeness (QED) is 0.668. The zero-order chi connectivity index (χ0) is 10.5. The minimum absolute atomic E-state index is 0.145. The van der Waals surface area contributed by atoms with E-state index in [1.807, 2.05) is 7.05 Å². The predicted octanol–water partition coefficient (Wildman–Crippen LogP) is 2.17. The van der Waals surface area contributed by atoms with Crippen LogP contribution in [-0.2, 0) is 0 Å². The molecule has 1 unspecified atom stereocenters. The van der Waals surface area contributed by atoms with Gasteiger partial charge in [-0.2, -0.15) is 0 Å². The van der Waals surface area contributed by atoms with E-state index in [-0.39, 0.29) is 17.6 Å². The average molecular weight is 187 g/mol. The highest BCUT2D eigenvalue weighted by atomic mass is 16.3. The molecule has 0 saturated heterocycles. The molecule has 0 aliphatic carbocycles. The lowest BCUT2D eigenvalue weighted by molar-refractivity contribution is 0.0612. The van der Waals surface area contributed by atoms with Crippen LogP contribution in [0.1, 0.15) is 47.0 Å². The van der Waals surface area contributed by atoms with Crippen LogP contribution in [0.25, 0.3) is 0 Å². The van der Waals surface area contributed by atoms with Gasteiger partial charge in [-0.05, 0) is 25.8 Å². The lowest BCUT2D eigenvalue weighted by Gasteiger charge is -2.43. The Balaban J connectivity index is 4.37. The van der Waals surface area contributed by atoms with E-state index in [0.717, 1.165) is 6.42 Å². The minimum Gasteiger partial charge on any atom is -0.394 e. The number of aliphatic hydroxyl groups excluding tert-OH is 1. The number of aliphatic hydroxyl groups is 1. The Labute approximate surface area is 82.7 Å². The van der Waals surface area contributed by atoms with E-state index in [4.69, 9.17) is 0 Å². The number of likely N-dealkylation sites (N-methyl/N-ethyl adjacent to an activating group) is 1. The molecule has 0 aromatic carbocycles. The van der Waals surface area contributed by atoms with Crippen LogP contribution in [-0.4, -0.2) is 24.3 Å². The normalized spacial score (nSPS) is 17.1. The van der Waals surface area contributed by atoms with Crippen molar-refractivity contribution in [1.29, 1.82) is 0 Å². The Morgan fingerprint density at radius 2 is 1.77 bits per heavy atom. The highest BCUT2D eigenvalue weighted by Crippen LogP contribution is 2.35. The molecule has 0 bridgehead atoms. The van der Waals surface area contributed by atoms with E-state index < -0.39 is 0 Å². The molecule has 0 aliphatic rings. The fourth-order valence-electron chi connectivity index (χ4n) is 1.53. The maximum absolute atomic E-state index is 9.36. The van der Waals surface area contributed by atoms with Gasteiger partial charge in [0.05, 0.1) is 6.61 Å². The summed E-state index contributed by atoms with van der Waals surface area (Å²) in [6.07, 6.45) is 3.60. The van der Waals surface area contributed by atoms with Gasteiger partial charge in [0.2, 0.25) is 0 Å². The number of nitrogens with one attached hydrogen (secondary N) is 1. The van der Waals surface area contributed by atoms with E-state index in [2.05, 4.69) is 33.0 Å². The van der Waals surface area contributed by atoms with Crippen LogP contribution in [0, 0.1) is 5.41 Å². The van der Waals surface area contributed by atoms with Crippen LogP contribution >= 0.6 is 0 Å². The first-order valence-corrected chi connectivity index (χ1v) is 5.23. The largest absolute Gasteiger partial charge is 0.394 e. The van der Waals surface area contributed by atoms with Crippen LogP contribution in [0.2, 0.25) is 0 Å². The summed E-state index contributed by atoms with van der Waals surface area (Å²) < 4.78 is 0. The Bertz CT molecular complexity index is 139. The third-order valence-electron chi connectivity index (χ3n) is 3.52. The summed E-state index contributed by atoms with van der Waals surface area (Å²) in [5, 5.41) is 12.6. The molecule has 0 spiro atoms. The van der Waals surface area contributed by atoms with Gasteiger partial charge in [-0.15, -0.1) is 0 Å². The molecular weight excluding hydrogens is 162 g/mol. The summed E-state index contributed by atoms with van der Waals surface area (Å²) in [6.45, 7) is 8.92. The molecule has 13 heavy (non-hydrogen) atoms. The smallest absolute Gasteiger partial charge is 0.0615 e. The third-order valence-corrected chi connectivity index (χ3v) is 3.52. The Kier molecular flexibility index (Phi) is 4.93. The van der Waals surface area contributed by atoms with Crippen LogP contribution in [0.4, 0.5) is 0 Å². The van der Waals surface area contributed by atoms with Crippen LogP contribution in [0.3, 0.4) is 0 Å². The highest BCUT2D eigenvalue weighted by Gasteiger charge is 2.38. The second-order valence-electron chi connectivity index (χ2n) is 4.73. The van der Waals surface area contributed by atoms with Gasteiger partial charge in [0.1, 0.15) is 0 Å². The van der Waals surface area contributed by atoms with Gasteiger partial charge >= 0.3 is 0 Å². The van der Waals surface area contributed by atoms with Gasteiger partial charge in [-0.25, -0.2) is 0 Å². The van der Waals surface area contributed by atoms with Crippen molar-refractivity contribution in [1.82, 2.24) is 5.32 Å². The standard InChI is InChI=1S/C11H25NO/c1-6-7-8-10(2,3)11(4,9-13)12-5/h12-13H,6-9H2,1-5H3. The summed E-state index contributed by atoms with van der Waals surface area (Å²) in [5.74, 6) is 0. The van der Waals surface area contributed by atoms with Crippen molar-refractivity contribution in [3.63, 3.8) is 0 Å². The molecule has 0 rings (SSSR count). The molecule has 0 radical (unpaired) electrons. The SMILES string of the molecule is CCCCC(C)(C)C(C)(CO)NC. The average Bonchev–Trinajstić information content (AvgIpc) is 2.13. The van der Waals surface area contributed by atoms with Gasteiger partial charge in [0, 0.05) is 5.54 Å². The Morgan fingerprint density at radius 1 is 1.23 bits per heavy atom. The molecule has 2 nitrogen and oxygen atoms in total. The first-order chi connectivity index (χ1) is 5.93. The third kappa shape index (κ3) is 2.96. The summed E-state index contributed by atoms with van der Waals surface area (Å²) in [7, 11) is 1.92. The van der Waals surface area contributed by atoms with Crippen molar-refractivity contribution in [2.45, 2.75) is 52.5 Å². The molecule has 0 aromatic heterocycles. The van der Waals surface area contributed by atoms with Gasteiger partial charge in [0.25, 0.3) is 0 Å².